The van der Waals surface area contributed by atoms with Gasteiger partial charge in [-0.05, 0) is 99.2 Å². The SMILES string of the molecule is CC1CCC(C(=O)Nc2ccc(C3CC(C)(C#N)CCC3C(C)C)cc2)(C(C)C)CC1. The van der Waals surface area contributed by atoms with Gasteiger partial charge in [-0.1, -0.05) is 46.8 Å². The molecule has 1 aromatic rings. The second kappa shape index (κ2) is 9.35. The van der Waals surface area contributed by atoms with Crippen molar-refractivity contribution in [2.24, 2.45) is 34.5 Å². The van der Waals surface area contributed by atoms with Gasteiger partial charge in [-0.15, -0.1) is 0 Å². The van der Waals surface area contributed by atoms with Gasteiger partial charge in [0, 0.05) is 5.69 Å². The van der Waals surface area contributed by atoms with Crippen LogP contribution in [0.25, 0.3) is 0 Å². The third kappa shape index (κ3) is 5.00. The Kier molecular flexibility index (Phi) is 7.19. The van der Waals surface area contributed by atoms with Crippen molar-refractivity contribution in [3.05, 3.63) is 29.8 Å². The third-order valence-electron chi connectivity index (χ3n) is 8.66. The van der Waals surface area contributed by atoms with E-state index in [4.69, 9.17) is 0 Å². The van der Waals surface area contributed by atoms with Gasteiger partial charge in [-0.3, -0.25) is 4.79 Å². The predicted octanol–water partition coefficient (Wildman–Crippen LogP) is 7.55. The molecule has 1 N–H and O–H groups in total. The quantitative estimate of drug-likeness (QED) is 0.532. The van der Waals surface area contributed by atoms with Crippen LogP contribution in [0.5, 0.6) is 0 Å². The molecule has 3 heteroatoms. The van der Waals surface area contributed by atoms with E-state index in [0.717, 1.165) is 56.6 Å². The standard InChI is InChI=1S/C28H42N2O/c1-19(2)24-13-14-27(6,18-29)17-25(24)22-7-9-23(10-8-22)30-26(31)28(20(3)4)15-11-21(5)12-16-28/h7-10,19-21,24-25H,11-17H2,1-6H3,(H,30,31). The first-order valence-electron chi connectivity index (χ1n) is 12.4. The molecule has 0 saturated heterocycles. The molecule has 3 rings (SSSR count). The van der Waals surface area contributed by atoms with Crippen LogP contribution in [0.1, 0.15) is 98.0 Å². The second-order valence-corrected chi connectivity index (χ2v) is 11.5. The monoisotopic (exact) mass is 422 g/mol. The van der Waals surface area contributed by atoms with E-state index in [0.29, 0.717) is 23.7 Å². The molecule has 170 valence electrons. The number of rotatable bonds is 5. The summed E-state index contributed by atoms with van der Waals surface area (Å²) in [5.74, 6) is 2.88. The van der Waals surface area contributed by atoms with Crippen LogP contribution in [-0.2, 0) is 4.79 Å². The number of anilines is 1. The minimum atomic E-state index is -0.244. The Morgan fingerprint density at radius 3 is 2.19 bits per heavy atom. The van der Waals surface area contributed by atoms with Gasteiger partial charge in [0.2, 0.25) is 5.91 Å². The van der Waals surface area contributed by atoms with Gasteiger partial charge in [0.15, 0.2) is 0 Å². The summed E-state index contributed by atoms with van der Waals surface area (Å²) < 4.78 is 0. The zero-order chi connectivity index (χ0) is 22.8. The van der Waals surface area contributed by atoms with Crippen molar-refractivity contribution in [1.82, 2.24) is 0 Å². The molecule has 2 fully saturated rings. The first-order chi connectivity index (χ1) is 14.6. The highest BCUT2D eigenvalue weighted by Gasteiger charge is 2.43. The van der Waals surface area contributed by atoms with Gasteiger partial charge in [-0.25, -0.2) is 0 Å². The maximum Gasteiger partial charge on any atom is 0.230 e. The van der Waals surface area contributed by atoms with Gasteiger partial charge in [0.1, 0.15) is 0 Å². The molecule has 31 heavy (non-hydrogen) atoms. The van der Waals surface area contributed by atoms with E-state index < -0.39 is 0 Å². The maximum atomic E-state index is 13.3. The molecule has 2 aliphatic rings. The van der Waals surface area contributed by atoms with Crippen molar-refractivity contribution in [3.8, 4) is 6.07 Å². The van der Waals surface area contributed by atoms with Crippen molar-refractivity contribution in [3.63, 3.8) is 0 Å². The Labute approximate surface area is 190 Å². The molecule has 0 heterocycles. The summed E-state index contributed by atoms with van der Waals surface area (Å²) in [4.78, 5) is 13.3. The molecule has 0 bridgehead atoms. The zero-order valence-electron chi connectivity index (χ0n) is 20.5. The number of benzene rings is 1. The molecule has 2 aliphatic carbocycles. The second-order valence-electron chi connectivity index (χ2n) is 11.5. The van der Waals surface area contributed by atoms with Crippen molar-refractivity contribution >= 4 is 11.6 Å². The van der Waals surface area contributed by atoms with Gasteiger partial charge >= 0.3 is 0 Å². The van der Waals surface area contributed by atoms with Gasteiger partial charge in [0.05, 0.1) is 16.9 Å². The molecule has 0 aliphatic heterocycles. The largest absolute Gasteiger partial charge is 0.326 e. The fraction of sp³-hybridized carbons (Fsp3) is 0.714. The number of amides is 1. The van der Waals surface area contributed by atoms with Crippen molar-refractivity contribution in [1.29, 1.82) is 5.26 Å². The first-order valence-corrected chi connectivity index (χ1v) is 12.4. The summed E-state index contributed by atoms with van der Waals surface area (Å²) in [5, 5.41) is 12.9. The van der Waals surface area contributed by atoms with Crippen molar-refractivity contribution < 1.29 is 4.79 Å². The lowest BCUT2D eigenvalue weighted by molar-refractivity contribution is -0.130. The van der Waals surface area contributed by atoms with E-state index in [9.17, 15) is 10.1 Å². The van der Waals surface area contributed by atoms with Crippen molar-refractivity contribution in [2.75, 3.05) is 5.32 Å². The predicted molar refractivity (Wildman–Crippen MR) is 129 cm³/mol. The molecule has 3 unspecified atom stereocenters. The van der Waals surface area contributed by atoms with Crippen molar-refractivity contribution in [2.45, 2.75) is 92.4 Å². The van der Waals surface area contributed by atoms with E-state index in [1.165, 1.54) is 5.56 Å². The summed E-state index contributed by atoms with van der Waals surface area (Å²) >= 11 is 0. The van der Waals surface area contributed by atoms with Gasteiger partial charge in [-0.2, -0.15) is 5.26 Å². The van der Waals surface area contributed by atoms with Crippen LogP contribution in [-0.4, -0.2) is 5.91 Å². The number of hydrogen-bond donors (Lipinski definition) is 1. The summed E-state index contributed by atoms with van der Waals surface area (Å²) in [6.07, 6.45) is 7.28. The Morgan fingerprint density at radius 1 is 1.06 bits per heavy atom. The number of nitriles is 1. The van der Waals surface area contributed by atoms with Crippen LogP contribution < -0.4 is 5.32 Å². The molecule has 3 atom stereocenters. The topological polar surface area (TPSA) is 52.9 Å². The fourth-order valence-corrected chi connectivity index (χ4v) is 6.10. The van der Waals surface area contributed by atoms with Crippen LogP contribution in [0.2, 0.25) is 0 Å². The molecule has 2 saturated carbocycles. The molecule has 0 aromatic heterocycles. The van der Waals surface area contributed by atoms with Crippen LogP contribution in [0.4, 0.5) is 5.69 Å². The zero-order valence-corrected chi connectivity index (χ0v) is 20.5. The minimum absolute atomic E-state index is 0.192. The summed E-state index contributed by atoms with van der Waals surface area (Å²) in [5.41, 5.74) is 1.73. The van der Waals surface area contributed by atoms with E-state index >= 15 is 0 Å². The molecule has 0 radical (unpaired) electrons. The number of carbonyl (C=O) groups is 1. The highest BCUT2D eigenvalue weighted by molar-refractivity contribution is 5.95. The van der Waals surface area contributed by atoms with Crippen LogP contribution >= 0.6 is 0 Å². The van der Waals surface area contributed by atoms with Crippen LogP contribution in [0.15, 0.2) is 24.3 Å². The third-order valence-corrected chi connectivity index (χ3v) is 8.66. The van der Waals surface area contributed by atoms with E-state index in [1.54, 1.807) is 0 Å². The molecular weight excluding hydrogens is 380 g/mol. The Hall–Kier alpha value is -1.82. The molecular formula is C28H42N2O. The number of hydrogen-bond acceptors (Lipinski definition) is 2. The summed E-state index contributed by atoms with van der Waals surface area (Å²) in [7, 11) is 0. The first kappa shape index (κ1) is 23.8. The average Bonchev–Trinajstić information content (AvgIpc) is 2.74. The van der Waals surface area contributed by atoms with E-state index in [2.05, 4.69) is 77.2 Å². The number of nitrogens with zero attached hydrogens (tertiary/aromatic N) is 1. The highest BCUT2D eigenvalue weighted by Crippen LogP contribution is 2.49. The fourth-order valence-electron chi connectivity index (χ4n) is 6.10. The van der Waals surface area contributed by atoms with Crippen LogP contribution in [0, 0.1) is 45.8 Å². The average molecular weight is 423 g/mol. The molecule has 1 aromatic carbocycles. The minimum Gasteiger partial charge on any atom is -0.326 e. The molecule has 0 spiro atoms. The van der Waals surface area contributed by atoms with E-state index in [-0.39, 0.29) is 16.7 Å². The van der Waals surface area contributed by atoms with Gasteiger partial charge < -0.3 is 5.32 Å². The summed E-state index contributed by atoms with van der Waals surface area (Å²) in [6, 6.07) is 11.1. The van der Waals surface area contributed by atoms with Gasteiger partial charge in [0.25, 0.3) is 0 Å². The Bertz CT molecular complexity index is 795. The lowest BCUT2D eigenvalue weighted by Gasteiger charge is -2.42. The maximum absolute atomic E-state index is 13.3. The lowest BCUT2D eigenvalue weighted by atomic mass is 9.62. The number of carbonyl (C=O) groups excluding carboxylic acids is 1. The summed E-state index contributed by atoms with van der Waals surface area (Å²) in [6.45, 7) is 13.4. The number of nitrogens with one attached hydrogen (secondary N) is 1. The lowest BCUT2D eigenvalue weighted by Crippen LogP contribution is -2.43. The molecule has 3 nitrogen and oxygen atoms in total. The van der Waals surface area contributed by atoms with E-state index in [1.807, 2.05) is 0 Å². The smallest absolute Gasteiger partial charge is 0.230 e. The van der Waals surface area contributed by atoms with Crippen LogP contribution in [0.3, 0.4) is 0 Å². The normalized spacial score (nSPS) is 33.8. The molecule has 1 amide bonds. The highest BCUT2D eigenvalue weighted by atomic mass is 16.2. The Balaban J connectivity index is 1.76. The Morgan fingerprint density at radius 2 is 1.68 bits per heavy atom.